The monoisotopic (exact) mass is 185 g/mol. The number of unbranched alkanes of at least 4 members (excludes halogenated alkanes) is 2. The van der Waals surface area contributed by atoms with Crippen molar-refractivity contribution in [1.29, 1.82) is 0 Å². The summed E-state index contributed by atoms with van der Waals surface area (Å²) in [6.07, 6.45) is 9.42. The lowest BCUT2D eigenvalue weighted by atomic mass is 9.98. The molecule has 1 heteroatoms. The van der Waals surface area contributed by atoms with Gasteiger partial charge in [0.2, 0.25) is 0 Å². The van der Waals surface area contributed by atoms with Crippen molar-refractivity contribution in [2.24, 2.45) is 11.7 Å². The molecule has 1 nitrogen and oxygen atoms in total. The van der Waals surface area contributed by atoms with Crippen LogP contribution in [0.25, 0.3) is 0 Å². The normalized spacial score (nSPS) is 15.7. The lowest BCUT2D eigenvalue weighted by Gasteiger charge is -2.09. The van der Waals surface area contributed by atoms with E-state index >= 15 is 0 Å². The van der Waals surface area contributed by atoms with Crippen molar-refractivity contribution in [2.75, 3.05) is 0 Å². The maximum atomic E-state index is 5.68. The summed E-state index contributed by atoms with van der Waals surface area (Å²) in [5.41, 5.74) is 5.68. The highest BCUT2D eigenvalue weighted by Gasteiger charge is 2.00. The van der Waals surface area contributed by atoms with Gasteiger partial charge in [0.25, 0.3) is 0 Å². The SMILES string of the molecule is CCCC(C)CCCCCC(C)N. The molecule has 0 bridgehead atoms. The summed E-state index contributed by atoms with van der Waals surface area (Å²) >= 11 is 0. The van der Waals surface area contributed by atoms with Crippen LogP contribution < -0.4 is 5.73 Å². The smallest absolute Gasteiger partial charge is 0.00104 e. The standard InChI is InChI=1S/C12H27N/c1-4-8-11(2)9-6-5-7-10-12(3)13/h11-12H,4-10,13H2,1-3H3. The quantitative estimate of drug-likeness (QED) is 0.573. The molecule has 0 aromatic rings. The molecule has 80 valence electrons. The lowest BCUT2D eigenvalue weighted by Crippen LogP contribution is -2.13. The van der Waals surface area contributed by atoms with Crippen LogP contribution in [0.15, 0.2) is 0 Å². The van der Waals surface area contributed by atoms with E-state index in [2.05, 4.69) is 20.8 Å². The second kappa shape index (κ2) is 8.55. The van der Waals surface area contributed by atoms with E-state index < -0.39 is 0 Å². The molecule has 0 heterocycles. The zero-order chi connectivity index (χ0) is 10.1. The van der Waals surface area contributed by atoms with Crippen LogP contribution in [0, 0.1) is 5.92 Å². The molecule has 2 N–H and O–H groups in total. The highest BCUT2D eigenvalue weighted by Crippen LogP contribution is 2.15. The molecule has 0 fully saturated rings. The summed E-state index contributed by atoms with van der Waals surface area (Å²) in [4.78, 5) is 0. The molecule has 0 saturated heterocycles. The maximum Gasteiger partial charge on any atom is 0.00104 e. The van der Waals surface area contributed by atoms with E-state index in [9.17, 15) is 0 Å². The van der Waals surface area contributed by atoms with Crippen LogP contribution in [-0.2, 0) is 0 Å². The third-order valence-corrected chi connectivity index (χ3v) is 2.64. The summed E-state index contributed by atoms with van der Waals surface area (Å²) in [5, 5.41) is 0. The molecule has 0 aliphatic heterocycles. The van der Waals surface area contributed by atoms with Gasteiger partial charge < -0.3 is 5.73 Å². The molecule has 0 aliphatic rings. The highest BCUT2D eigenvalue weighted by molar-refractivity contribution is 4.56. The van der Waals surface area contributed by atoms with Crippen molar-refractivity contribution < 1.29 is 0 Å². The van der Waals surface area contributed by atoms with Gasteiger partial charge in [-0.25, -0.2) is 0 Å². The summed E-state index contributed by atoms with van der Waals surface area (Å²) in [7, 11) is 0. The molecule has 0 saturated carbocycles. The Morgan fingerprint density at radius 1 is 0.923 bits per heavy atom. The minimum atomic E-state index is 0.396. The summed E-state index contributed by atoms with van der Waals surface area (Å²) in [6, 6.07) is 0.396. The minimum Gasteiger partial charge on any atom is -0.328 e. The highest BCUT2D eigenvalue weighted by atomic mass is 14.6. The number of hydrogen-bond acceptors (Lipinski definition) is 1. The van der Waals surface area contributed by atoms with Gasteiger partial charge in [-0.15, -0.1) is 0 Å². The number of hydrogen-bond donors (Lipinski definition) is 1. The van der Waals surface area contributed by atoms with Gasteiger partial charge in [0.1, 0.15) is 0 Å². The van der Waals surface area contributed by atoms with Gasteiger partial charge in [0.15, 0.2) is 0 Å². The maximum absolute atomic E-state index is 5.68. The van der Waals surface area contributed by atoms with Crippen LogP contribution in [-0.4, -0.2) is 6.04 Å². The topological polar surface area (TPSA) is 26.0 Å². The van der Waals surface area contributed by atoms with Crippen molar-refractivity contribution in [3.63, 3.8) is 0 Å². The van der Waals surface area contributed by atoms with Gasteiger partial charge in [-0.1, -0.05) is 52.4 Å². The van der Waals surface area contributed by atoms with Gasteiger partial charge in [-0.3, -0.25) is 0 Å². The molecule has 0 rings (SSSR count). The Labute approximate surface area is 84.1 Å². The Balaban J connectivity index is 3.06. The van der Waals surface area contributed by atoms with Crippen LogP contribution in [0.2, 0.25) is 0 Å². The molecule has 2 atom stereocenters. The number of nitrogens with two attached hydrogens (primary N) is 1. The average Bonchev–Trinajstić information content (AvgIpc) is 2.03. The van der Waals surface area contributed by atoms with Crippen molar-refractivity contribution >= 4 is 0 Å². The molecule has 0 radical (unpaired) electrons. The van der Waals surface area contributed by atoms with Crippen LogP contribution in [0.1, 0.15) is 65.7 Å². The molecular weight excluding hydrogens is 158 g/mol. The molecule has 2 unspecified atom stereocenters. The first-order valence-electron chi connectivity index (χ1n) is 5.92. The lowest BCUT2D eigenvalue weighted by molar-refractivity contribution is 0.449. The minimum absolute atomic E-state index is 0.396. The Morgan fingerprint density at radius 2 is 1.54 bits per heavy atom. The number of rotatable bonds is 8. The van der Waals surface area contributed by atoms with Gasteiger partial charge in [-0.05, 0) is 19.3 Å². The fraction of sp³-hybridized carbons (Fsp3) is 1.00. The van der Waals surface area contributed by atoms with E-state index in [0.29, 0.717) is 6.04 Å². The van der Waals surface area contributed by atoms with Gasteiger partial charge in [0, 0.05) is 6.04 Å². The van der Waals surface area contributed by atoms with E-state index in [-0.39, 0.29) is 0 Å². The molecule has 13 heavy (non-hydrogen) atoms. The summed E-state index contributed by atoms with van der Waals surface area (Å²) in [6.45, 7) is 6.74. The predicted octanol–water partition coefficient (Wildman–Crippen LogP) is 3.72. The second-order valence-electron chi connectivity index (χ2n) is 4.51. The summed E-state index contributed by atoms with van der Waals surface area (Å²) in [5.74, 6) is 0.931. The Morgan fingerprint density at radius 3 is 2.08 bits per heavy atom. The third kappa shape index (κ3) is 9.88. The Bertz CT molecular complexity index is 99.3. The first-order valence-corrected chi connectivity index (χ1v) is 5.92. The van der Waals surface area contributed by atoms with Crippen LogP contribution >= 0.6 is 0 Å². The van der Waals surface area contributed by atoms with Crippen LogP contribution in [0.4, 0.5) is 0 Å². The van der Waals surface area contributed by atoms with Crippen molar-refractivity contribution in [2.45, 2.75) is 71.8 Å². The predicted molar refractivity (Wildman–Crippen MR) is 60.8 cm³/mol. The zero-order valence-corrected chi connectivity index (χ0v) is 9.68. The second-order valence-corrected chi connectivity index (χ2v) is 4.51. The van der Waals surface area contributed by atoms with E-state index in [0.717, 1.165) is 5.92 Å². The third-order valence-electron chi connectivity index (χ3n) is 2.64. The summed E-state index contributed by atoms with van der Waals surface area (Å²) < 4.78 is 0. The zero-order valence-electron chi connectivity index (χ0n) is 9.68. The molecule has 0 aromatic heterocycles. The fourth-order valence-electron chi connectivity index (χ4n) is 1.77. The molecule has 0 amide bonds. The van der Waals surface area contributed by atoms with Crippen LogP contribution in [0.3, 0.4) is 0 Å². The molecular formula is C12H27N. The molecule has 0 aliphatic carbocycles. The van der Waals surface area contributed by atoms with Crippen molar-refractivity contribution in [3.05, 3.63) is 0 Å². The van der Waals surface area contributed by atoms with E-state index in [1.54, 1.807) is 0 Å². The fourth-order valence-corrected chi connectivity index (χ4v) is 1.77. The Hall–Kier alpha value is -0.0400. The van der Waals surface area contributed by atoms with Gasteiger partial charge >= 0.3 is 0 Å². The first-order chi connectivity index (χ1) is 6.16. The molecule has 0 spiro atoms. The van der Waals surface area contributed by atoms with Gasteiger partial charge in [0.05, 0.1) is 0 Å². The van der Waals surface area contributed by atoms with Crippen molar-refractivity contribution in [3.8, 4) is 0 Å². The van der Waals surface area contributed by atoms with E-state index in [1.165, 1.54) is 44.9 Å². The van der Waals surface area contributed by atoms with E-state index in [1.807, 2.05) is 0 Å². The average molecular weight is 185 g/mol. The largest absolute Gasteiger partial charge is 0.328 e. The van der Waals surface area contributed by atoms with Gasteiger partial charge in [-0.2, -0.15) is 0 Å². The van der Waals surface area contributed by atoms with Crippen LogP contribution in [0.5, 0.6) is 0 Å². The first kappa shape index (κ1) is 13.0. The Kier molecular flexibility index (Phi) is 8.53. The molecule has 0 aromatic carbocycles. The van der Waals surface area contributed by atoms with Crippen molar-refractivity contribution in [1.82, 2.24) is 0 Å². The van der Waals surface area contributed by atoms with E-state index in [4.69, 9.17) is 5.73 Å².